The lowest BCUT2D eigenvalue weighted by Gasteiger charge is -2.18. The Morgan fingerprint density at radius 2 is 0.611 bits per heavy atom. The van der Waals surface area contributed by atoms with Crippen LogP contribution in [0, 0.1) is 0 Å². The van der Waals surface area contributed by atoms with Gasteiger partial charge < -0.3 is 14.2 Å². The summed E-state index contributed by atoms with van der Waals surface area (Å²) in [6.07, 6.45) is 46.4. The first-order valence-electron chi connectivity index (χ1n) is 23.7. The molecule has 0 aliphatic rings. The standard InChI is InChI=1S/C48H90O6/c1-4-7-10-13-16-18-20-21-22-23-24-25-26-27-29-30-32-35-38-41-47(50)53-44-45(43-52-46(49)40-37-34-15-12-9-6-3)54-48(51)42-39-36-33-31-28-19-17-14-11-8-5-2/h21-22,45H,4-20,23-44H2,1-3H3/b22-21-. The fraction of sp³-hybridized carbons (Fsp3) is 0.896. The molecule has 0 radical (unpaired) electrons. The van der Waals surface area contributed by atoms with Gasteiger partial charge in [-0.05, 0) is 44.9 Å². The number of unbranched alkanes of at least 4 members (excludes halogenated alkanes) is 30. The van der Waals surface area contributed by atoms with Gasteiger partial charge in [0.15, 0.2) is 6.10 Å². The van der Waals surface area contributed by atoms with E-state index in [2.05, 4.69) is 32.9 Å². The molecule has 0 bridgehead atoms. The summed E-state index contributed by atoms with van der Waals surface area (Å²) in [5, 5.41) is 0. The Bertz CT molecular complexity index is 839. The number of hydrogen-bond donors (Lipinski definition) is 0. The second-order valence-electron chi connectivity index (χ2n) is 16.0. The first-order chi connectivity index (χ1) is 26.5. The Labute approximate surface area is 335 Å². The highest BCUT2D eigenvalue weighted by Gasteiger charge is 2.19. The van der Waals surface area contributed by atoms with Gasteiger partial charge in [-0.1, -0.05) is 206 Å². The van der Waals surface area contributed by atoms with Crippen LogP contribution in [-0.2, 0) is 28.6 Å². The Balaban J connectivity index is 4.16. The highest BCUT2D eigenvalue weighted by molar-refractivity contribution is 5.71. The van der Waals surface area contributed by atoms with Crippen LogP contribution in [0.15, 0.2) is 12.2 Å². The molecule has 1 unspecified atom stereocenters. The van der Waals surface area contributed by atoms with Crippen LogP contribution >= 0.6 is 0 Å². The number of hydrogen-bond acceptors (Lipinski definition) is 6. The van der Waals surface area contributed by atoms with Gasteiger partial charge in [-0.2, -0.15) is 0 Å². The van der Waals surface area contributed by atoms with Crippen molar-refractivity contribution in [1.82, 2.24) is 0 Å². The van der Waals surface area contributed by atoms with Crippen molar-refractivity contribution in [3.8, 4) is 0 Å². The van der Waals surface area contributed by atoms with Crippen LogP contribution in [0.4, 0.5) is 0 Å². The molecule has 6 heteroatoms. The van der Waals surface area contributed by atoms with Gasteiger partial charge in [0.2, 0.25) is 0 Å². The fourth-order valence-corrected chi connectivity index (χ4v) is 6.91. The van der Waals surface area contributed by atoms with E-state index >= 15 is 0 Å². The summed E-state index contributed by atoms with van der Waals surface area (Å²) in [5.41, 5.74) is 0. The molecule has 0 saturated heterocycles. The summed E-state index contributed by atoms with van der Waals surface area (Å²) in [7, 11) is 0. The minimum absolute atomic E-state index is 0.0674. The van der Waals surface area contributed by atoms with Crippen molar-refractivity contribution >= 4 is 17.9 Å². The molecule has 0 aromatic carbocycles. The second kappa shape index (κ2) is 43.9. The quantitative estimate of drug-likeness (QED) is 0.0266. The van der Waals surface area contributed by atoms with E-state index < -0.39 is 6.10 Å². The summed E-state index contributed by atoms with van der Waals surface area (Å²) in [4.78, 5) is 37.5. The lowest BCUT2D eigenvalue weighted by molar-refractivity contribution is -0.167. The maximum atomic E-state index is 12.7. The molecule has 0 saturated carbocycles. The molecule has 0 aromatic rings. The van der Waals surface area contributed by atoms with E-state index in [0.29, 0.717) is 19.3 Å². The molecule has 0 fully saturated rings. The minimum Gasteiger partial charge on any atom is -0.462 e. The normalized spacial score (nSPS) is 12.0. The van der Waals surface area contributed by atoms with E-state index in [1.807, 2.05) is 0 Å². The Kier molecular flexibility index (Phi) is 42.4. The third-order valence-electron chi connectivity index (χ3n) is 10.5. The molecule has 54 heavy (non-hydrogen) atoms. The molecule has 318 valence electrons. The molecule has 0 spiro atoms. The molecule has 0 N–H and O–H groups in total. The van der Waals surface area contributed by atoms with E-state index in [1.165, 1.54) is 161 Å². The number of carbonyl (C=O) groups is 3. The van der Waals surface area contributed by atoms with E-state index in [9.17, 15) is 14.4 Å². The van der Waals surface area contributed by atoms with Gasteiger partial charge in [0, 0.05) is 19.3 Å². The summed E-state index contributed by atoms with van der Waals surface area (Å²) < 4.78 is 16.6. The van der Waals surface area contributed by atoms with Gasteiger partial charge in [0.25, 0.3) is 0 Å². The molecule has 0 heterocycles. The number of esters is 3. The maximum absolute atomic E-state index is 12.7. The fourth-order valence-electron chi connectivity index (χ4n) is 6.91. The summed E-state index contributed by atoms with van der Waals surface area (Å²) >= 11 is 0. The van der Waals surface area contributed by atoms with Gasteiger partial charge in [-0.25, -0.2) is 0 Å². The van der Waals surface area contributed by atoms with Crippen molar-refractivity contribution in [3.05, 3.63) is 12.2 Å². The van der Waals surface area contributed by atoms with Crippen LogP contribution in [0.2, 0.25) is 0 Å². The topological polar surface area (TPSA) is 78.9 Å². The van der Waals surface area contributed by atoms with Crippen molar-refractivity contribution < 1.29 is 28.6 Å². The summed E-state index contributed by atoms with van der Waals surface area (Å²) in [6.45, 7) is 6.58. The molecular formula is C48H90O6. The number of ether oxygens (including phenoxy) is 3. The van der Waals surface area contributed by atoms with Gasteiger partial charge in [-0.3, -0.25) is 14.4 Å². The second-order valence-corrected chi connectivity index (χ2v) is 16.0. The molecule has 0 aliphatic heterocycles. The Hall–Kier alpha value is -1.85. The van der Waals surface area contributed by atoms with Crippen molar-refractivity contribution in [2.75, 3.05) is 13.2 Å². The monoisotopic (exact) mass is 763 g/mol. The third kappa shape index (κ3) is 41.3. The van der Waals surface area contributed by atoms with Crippen LogP contribution < -0.4 is 0 Å². The van der Waals surface area contributed by atoms with Gasteiger partial charge in [-0.15, -0.1) is 0 Å². The molecule has 0 rings (SSSR count). The van der Waals surface area contributed by atoms with Crippen LogP contribution in [0.25, 0.3) is 0 Å². The highest BCUT2D eigenvalue weighted by Crippen LogP contribution is 2.15. The molecule has 0 aromatic heterocycles. The smallest absolute Gasteiger partial charge is 0.306 e. The number of allylic oxidation sites excluding steroid dienone is 2. The lowest BCUT2D eigenvalue weighted by atomic mass is 10.1. The third-order valence-corrected chi connectivity index (χ3v) is 10.5. The van der Waals surface area contributed by atoms with Crippen LogP contribution in [0.1, 0.15) is 258 Å². The first kappa shape index (κ1) is 52.2. The molecule has 1 atom stereocenters. The van der Waals surface area contributed by atoms with Crippen LogP contribution in [-0.4, -0.2) is 37.2 Å². The SMILES string of the molecule is CCCCCCCC/C=C\CCCCCCCCCCCC(=O)OCC(COC(=O)CCCCCCCC)OC(=O)CCCCCCCCCCCCC. The molecule has 0 aliphatic carbocycles. The lowest BCUT2D eigenvalue weighted by Crippen LogP contribution is -2.30. The maximum Gasteiger partial charge on any atom is 0.306 e. The van der Waals surface area contributed by atoms with Crippen molar-refractivity contribution in [1.29, 1.82) is 0 Å². The molecule has 6 nitrogen and oxygen atoms in total. The van der Waals surface area contributed by atoms with E-state index in [-0.39, 0.29) is 31.1 Å². The Morgan fingerprint density at radius 1 is 0.352 bits per heavy atom. The highest BCUT2D eigenvalue weighted by atomic mass is 16.6. The largest absolute Gasteiger partial charge is 0.462 e. The van der Waals surface area contributed by atoms with Gasteiger partial charge in [0.05, 0.1) is 0 Å². The Morgan fingerprint density at radius 3 is 0.926 bits per heavy atom. The zero-order valence-corrected chi connectivity index (χ0v) is 36.3. The van der Waals surface area contributed by atoms with Gasteiger partial charge in [0.1, 0.15) is 13.2 Å². The van der Waals surface area contributed by atoms with E-state index in [4.69, 9.17) is 14.2 Å². The zero-order chi connectivity index (χ0) is 39.4. The van der Waals surface area contributed by atoms with Crippen molar-refractivity contribution in [2.45, 2.75) is 264 Å². The molecule has 0 amide bonds. The predicted molar refractivity (Wildman–Crippen MR) is 229 cm³/mol. The van der Waals surface area contributed by atoms with Crippen molar-refractivity contribution in [3.63, 3.8) is 0 Å². The zero-order valence-electron chi connectivity index (χ0n) is 36.3. The number of rotatable bonds is 43. The summed E-state index contributed by atoms with van der Waals surface area (Å²) in [6, 6.07) is 0. The number of carbonyl (C=O) groups excluding carboxylic acids is 3. The predicted octanol–water partition coefficient (Wildman–Crippen LogP) is 15.0. The van der Waals surface area contributed by atoms with Crippen molar-refractivity contribution in [2.24, 2.45) is 0 Å². The van der Waals surface area contributed by atoms with Crippen LogP contribution in [0.5, 0.6) is 0 Å². The van der Waals surface area contributed by atoms with E-state index in [0.717, 1.165) is 57.8 Å². The van der Waals surface area contributed by atoms with Gasteiger partial charge >= 0.3 is 17.9 Å². The minimum atomic E-state index is -0.760. The molecular weight excluding hydrogens is 673 g/mol. The van der Waals surface area contributed by atoms with Crippen LogP contribution in [0.3, 0.4) is 0 Å². The average Bonchev–Trinajstić information content (AvgIpc) is 3.17. The summed E-state index contributed by atoms with van der Waals surface area (Å²) in [5.74, 6) is -0.870. The first-order valence-corrected chi connectivity index (χ1v) is 23.7. The van der Waals surface area contributed by atoms with E-state index in [1.54, 1.807) is 0 Å². The average molecular weight is 763 g/mol.